The van der Waals surface area contributed by atoms with Crippen molar-refractivity contribution in [2.24, 2.45) is 0 Å². The quantitative estimate of drug-likeness (QED) is 0.137. The molecule has 0 heterocycles. The lowest BCUT2D eigenvalue weighted by molar-refractivity contribution is 0.0497. The Kier molecular flexibility index (Phi) is 15.3. The Labute approximate surface area is 183 Å². The Morgan fingerprint density at radius 1 is 0.833 bits per heavy atom. The number of hydrogen-bond acceptors (Lipinski definition) is 4. The van der Waals surface area contributed by atoms with Gasteiger partial charge in [-0.2, -0.15) is 0 Å². The first kappa shape index (κ1) is 25.9. The zero-order valence-corrected chi connectivity index (χ0v) is 19.2. The van der Waals surface area contributed by atoms with E-state index in [0.717, 1.165) is 12.8 Å². The number of unbranched alkanes of at least 4 members (excludes halogenated alkanes) is 13. The van der Waals surface area contributed by atoms with E-state index in [1.165, 1.54) is 83.1 Å². The highest BCUT2D eigenvalue weighted by molar-refractivity contribution is 5.91. The molecular formula is C25H41N2O3+. The van der Waals surface area contributed by atoms with Gasteiger partial charge in [-0.15, -0.1) is 0 Å². The second kappa shape index (κ2) is 17.7. The van der Waals surface area contributed by atoms with Crippen molar-refractivity contribution in [2.45, 2.75) is 104 Å². The largest absolute Gasteiger partial charge is 0.486 e. The lowest BCUT2D eigenvalue weighted by Crippen LogP contribution is -2.06. The van der Waals surface area contributed by atoms with E-state index in [9.17, 15) is 4.79 Å². The molecule has 0 aliphatic heterocycles. The summed E-state index contributed by atoms with van der Waals surface area (Å²) in [6, 6.07) is 4.74. The van der Waals surface area contributed by atoms with Crippen LogP contribution in [-0.2, 0) is 4.74 Å². The number of benzene rings is 1. The molecule has 0 aliphatic rings. The molecule has 0 spiro atoms. The molecule has 1 aromatic rings. The summed E-state index contributed by atoms with van der Waals surface area (Å²) in [4.78, 5) is 15.3. The molecule has 0 aromatic heterocycles. The number of hydrogen-bond donors (Lipinski definition) is 0. The minimum atomic E-state index is -0.391. The van der Waals surface area contributed by atoms with Gasteiger partial charge in [-0.3, -0.25) is 0 Å². The van der Waals surface area contributed by atoms with Crippen molar-refractivity contribution in [1.82, 2.24) is 0 Å². The molecule has 0 atom stereocenters. The number of esters is 1. The molecule has 0 amide bonds. The Balaban J connectivity index is 2.00. The van der Waals surface area contributed by atoms with Crippen LogP contribution in [0.3, 0.4) is 0 Å². The Morgan fingerprint density at radius 2 is 1.37 bits per heavy atom. The summed E-state index contributed by atoms with van der Waals surface area (Å²) in [6.45, 7) is 5.00. The van der Waals surface area contributed by atoms with Crippen molar-refractivity contribution >= 4 is 11.7 Å². The van der Waals surface area contributed by atoms with Crippen LogP contribution in [0.4, 0.5) is 5.69 Å². The van der Waals surface area contributed by atoms with Gasteiger partial charge in [0, 0.05) is 0 Å². The van der Waals surface area contributed by atoms with Crippen LogP contribution in [-0.4, -0.2) is 19.2 Å². The summed E-state index contributed by atoms with van der Waals surface area (Å²) in [7, 11) is 0. The highest BCUT2D eigenvalue weighted by atomic mass is 16.5. The van der Waals surface area contributed by atoms with E-state index in [2.05, 4.69) is 11.9 Å². The monoisotopic (exact) mass is 417 g/mol. The fraction of sp³-hybridized carbons (Fsp3) is 0.720. The number of carbonyl (C=O) groups is 1. The van der Waals surface area contributed by atoms with Gasteiger partial charge in [-0.05, 0) is 25.5 Å². The molecular weight excluding hydrogens is 376 g/mol. The Bertz CT molecular complexity index is 625. The van der Waals surface area contributed by atoms with Crippen molar-refractivity contribution in [1.29, 1.82) is 5.39 Å². The van der Waals surface area contributed by atoms with Crippen molar-refractivity contribution in [3.63, 3.8) is 0 Å². The van der Waals surface area contributed by atoms with Gasteiger partial charge >= 0.3 is 11.7 Å². The third-order valence-corrected chi connectivity index (χ3v) is 5.33. The molecule has 0 aliphatic carbocycles. The topological polar surface area (TPSA) is 63.7 Å². The zero-order chi connectivity index (χ0) is 21.9. The molecule has 168 valence electrons. The third-order valence-electron chi connectivity index (χ3n) is 5.33. The van der Waals surface area contributed by atoms with Crippen LogP contribution in [0, 0.1) is 5.39 Å². The summed E-state index contributed by atoms with van der Waals surface area (Å²) >= 11 is 0. The number of carbonyl (C=O) groups excluding carboxylic acids is 1. The Hall–Kier alpha value is -2.09. The fourth-order valence-corrected chi connectivity index (χ4v) is 3.54. The highest BCUT2D eigenvalue weighted by Crippen LogP contribution is 2.29. The second-order valence-corrected chi connectivity index (χ2v) is 7.95. The molecule has 0 fully saturated rings. The molecule has 30 heavy (non-hydrogen) atoms. The van der Waals surface area contributed by atoms with Crippen LogP contribution in [0.25, 0.3) is 4.98 Å². The normalized spacial score (nSPS) is 10.6. The number of diazo groups is 1. The summed E-state index contributed by atoms with van der Waals surface area (Å²) in [6.07, 6.45) is 18.2. The predicted octanol–water partition coefficient (Wildman–Crippen LogP) is 8.21. The summed E-state index contributed by atoms with van der Waals surface area (Å²) < 4.78 is 10.7. The van der Waals surface area contributed by atoms with Gasteiger partial charge < -0.3 is 9.47 Å². The van der Waals surface area contributed by atoms with Gasteiger partial charge in [0.1, 0.15) is 0 Å². The molecule has 0 bridgehead atoms. The maximum atomic E-state index is 12.1. The Morgan fingerprint density at radius 3 is 1.87 bits per heavy atom. The van der Waals surface area contributed by atoms with Crippen molar-refractivity contribution in [3.05, 3.63) is 28.7 Å². The maximum Gasteiger partial charge on any atom is 0.427 e. The van der Waals surface area contributed by atoms with Gasteiger partial charge in [-0.1, -0.05) is 90.4 Å². The van der Waals surface area contributed by atoms with E-state index in [-0.39, 0.29) is 5.69 Å². The van der Waals surface area contributed by atoms with Crippen molar-refractivity contribution in [3.8, 4) is 5.75 Å². The smallest absolute Gasteiger partial charge is 0.427 e. The zero-order valence-electron chi connectivity index (χ0n) is 19.2. The van der Waals surface area contributed by atoms with Crippen LogP contribution in [0.15, 0.2) is 18.2 Å². The van der Waals surface area contributed by atoms with E-state index in [0.29, 0.717) is 24.5 Å². The summed E-state index contributed by atoms with van der Waals surface area (Å²) in [5, 5.41) is 9.06. The molecule has 0 radical (unpaired) electrons. The molecule has 5 heteroatoms. The minimum absolute atomic E-state index is 0.239. The first-order chi connectivity index (χ1) is 14.7. The van der Waals surface area contributed by atoms with Crippen molar-refractivity contribution in [2.75, 3.05) is 13.2 Å². The van der Waals surface area contributed by atoms with Gasteiger partial charge in [0.25, 0.3) is 0 Å². The van der Waals surface area contributed by atoms with Gasteiger partial charge in [0.15, 0.2) is 4.98 Å². The van der Waals surface area contributed by atoms with Crippen LogP contribution < -0.4 is 4.74 Å². The molecule has 0 N–H and O–H groups in total. The predicted molar refractivity (Wildman–Crippen MR) is 123 cm³/mol. The molecule has 0 saturated heterocycles. The highest BCUT2D eigenvalue weighted by Gasteiger charge is 2.19. The molecule has 0 unspecified atom stereocenters. The minimum Gasteiger partial charge on any atom is -0.486 e. The van der Waals surface area contributed by atoms with E-state index in [1.54, 1.807) is 12.1 Å². The van der Waals surface area contributed by atoms with E-state index >= 15 is 0 Å². The third kappa shape index (κ3) is 11.8. The van der Waals surface area contributed by atoms with E-state index < -0.39 is 5.97 Å². The van der Waals surface area contributed by atoms with Gasteiger partial charge in [-0.25, -0.2) is 4.79 Å². The van der Waals surface area contributed by atoms with Crippen molar-refractivity contribution < 1.29 is 14.3 Å². The number of ether oxygens (including phenoxy) is 2. The van der Waals surface area contributed by atoms with Crippen LogP contribution in [0.5, 0.6) is 5.75 Å². The molecule has 1 rings (SSSR count). The van der Waals surface area contributed by atoms with Crippen LogP contribution in [0.2, 0.25) is 0 Å². The first-order valence-electron chi connectivity index (χ1n) is 12.0. The molecule has 0 saturated carbocycles. The first-order valence-corrected chi connectivity index (χ1v) is 12.0. The summed E-state index contributed by atoms with van der Waals surface area (Å²) in [5.41, 5.74) is 0.611. The fourth-order valence-electron chi connectivity index (χ4n) is 3.54. The maximum absolute atomic E-state index is 12.1. The van der Waals surface area contributed by atoms with E-state index in [4.69, 9.17) is 14.9 Å². The average Bonchev–Trinajstić information content (AvgIpc) is 2.76. The number of rotatable bonds is 18. The van der Waals surface area contributed by atoms with Gasteiger partial charge in [0.2, 0.25) is 11.1 Å². The van der Waals surface area contributed by atoms with Crippen LogP contribution in [0.1, 0.15) is 114 Å². The summed E-state index contributed by atoms with van der Waals surface area (Å²) in [5.74, 6) is 0.0566. The standard InChI is InChI=1S/C25H41N2O3/c1-3-5-6-7-8-9-10-11-12-13-14-15-16-17-20-30-25(28)22-18-19-24(29-4-2)23(21-22)27-26/h18-19,21H,3-17,20H2,1-2H3/q+1. The average molecular weight is 418 g/mol. The number of nitrogens with zero attached hydrogens (tertiary/aromatic N) is 2. The van der Waals surface area contributed by atoms with E-state index in [1.807, 2.05) is 6.92 Å². The molecule has 5 nitrogen and oxygen atoms in total. The van der Waals surface area contributed by atoms with Gasteiger partial charge in [0.05, 0.1) is 24.8 Å². The lowest BCUT2D eigenvalue weighted by atomic mass is 10.0. The SMILES string of the molecule is CCCCCCCCCCCCCCCCOC(=O)c1ccc(OCC)c([N+]#N)c1. The second-order valence-electron chi connectivity index (χ2n) is 7.95. The molecule has 1 aromatic carbocycles. The van der Waals surface area contributed by atoms with Crippen LogP contribution >= 0.6 is 0 Å². The lowest BCUT2D eigenvalue weighted by Gasteiger charge is -2.06.